The minimum Gasteiger partial charge on any atom is -0.390 e. The van der Waals surface area contributed by atoms with Crippen LogP contribution in [0, 0.1) is 6.92 Å². The van der Waals surface area contributed by atoms with Gasteiger partial charge in [-0.2, -0.15) is 4.98 Å². The lowest BCUT2D eigenvalue weighted by Gasteiger charge is -2.18. The van der Waals surface area contributed by atoms with Crippen molar-refractivity contribution in [2.45, 2.75) is 25.5 Å². The number of aryl methyl sites for hydroxylation is 1. The number of nitrogens with zero attached hydrogens (tertiary/aromatic N) is 2. The number of aliphatic hydroxyl groups is 1. The highest BCUT2D eigenvalue weighted by molar-refractivity contribution is 6.00. The molecule has 3 aromatic rings. The van der Waals surface area contributed by atoms with Crippen LogP contribution in [0.4, 0.5) is 0 Å². The molecule has 4 rings (SSSR count). The van der Waals surface area contributed by atoms with Gasteiger partial charge in [0.05, 0.1) is 23.3 Å². The maximum atomic E-state index is 12.8. The van der Waals surface area contributed by atoms with Crippen molar-refractivity contribution in [3.05, 3.63) is 71.0 Å². The number of hydrogen-bond donors (Lipinski definition) is 2. The molecule has 25 heavy (non-hydrogen) atoms. The van der Waals surface area contributed by atoms with Gasteiger partial charge >= 0.3 is 0 Å². The first-order valence-corrected chi connectivity index (χ1v) is 8.10. The normalized spacial score (nSPS) is 18.8. The molecule has 1 aromatic heterocycles. The Morgan fingerprint density at radius 1 is 1.20 bits per heavy atom. The van der Waals surface area contributed by atoms with Gasteiger partial charge in [-0.1, -0.05) is 41.6 Å². The lowest BCUT2D eigenvalue weighted by Crippen LogP contribution is -2.34. The predicted octanol–water partition coefficient (Wildman–Crippen LogP) is 2.43. The number of carbonyl (C=O) groups excluding carboxylic acids is 1. The molecule has 6 heteroatoms. The van der Waals surface area contributed by atoms with Crippen molar-refractivity contribution in [1.29, 1.82) is 0 Å². The smallest absolute Gasteiger partial charge is 0.258 e. The number of fused-ring (bicyclic) bond motifs is 1. The largest absolute Gasteiger partial charge is 0.390 e. The monoisotopic (exact) mass is 335 g/mol. The van der Waals surface area contributed by atoms with Crippen molar-refractivity contribution in [1.82, 2.24) is 15.5 Å². The zero-order valence-corrected chi connectivity index (χ0v) is 13.6. The van der Waals surface area contributed by atoms with Gasteiger partial charge in [0.25, 0.3) is 11.8 Å². The molecule has 0 aliphatic heterocycles. The first-order valence-electron chi connectivity index (χ1n) is 8.10. The number of carbonyl (C=O) groups is 1. The molecule has 2 aromatic carbocycles. The second kappa shape index (κ2) is 6.14. The highest BCUT2D eigenvalue weighted by Crippen LogP contribution is 2.32. The highest BCUT2D eigenvalue weighted by Gasteiger charge is 2.32. The van der Waals surface area contributed by atoms with Crippen LogP contribution in [0.25, 0.3) is 11.5 Å². The van der Waals surface area contributed by atoms with E-state index >= 15 is 0 Å². The molecule has 0 fully saturated rings. The molecule has 2 N–H and O–H groups in total. The molecule has 0 saturated heterocycles. The fourth-order valence-corrected chi connectivity index (χ4v) is 3.24. The highest BCUT2D eigenvalue weighted by atomic mass is 16.5. The van der Waals surface area contributed by atoms with E-state index in [2.05, 4.69) is 15.5 Å². The molecule has 0 bridgehead atoms. The van der Waals surface area contributed by atoms with E-state index in [1.165, 1.54) is 0 Å². The summed E-state index contributed by atoms with van der Waals surface area (Å²) in [5.74, 6) is 0.521. The molecule has 0 saturated carbocycles. The average molecular weight is 335 g/mol. The first-order chi connectivity index (χ1) is 12.1. The Morgan fingerprint density at radius 2 is 1.96 bits per heavy atom. The van der Waals surface area contributed by atoms with Crippen molar-refractivity contribution in [3.8, 4) is 11.5 Å². The molecule has 1 amide bonds. The second-order valence-corrected chi connectivity index (χ2v) is 6.11. The van der Waals surface area contributed by atoms with E-state index in [1.807, 2.05) is 30.3 Å². The van der Waals surface area contributed by atoms with Gasteiger partial charge in [0.15, 0.2) is 5.82 Å². The Morgan fingerprint density at radius 3 is 2.76 bits per heavy atom. The summed E-state index contributed by atoms with van der Waals surface area (Å²) in [6, 6.07) is 14.4. The molecular weight excluding hydrogens is 318 g/mol. The van der Waals surface area contributed by atoms with Gasteiger partial charge in [-0.3, -0.25) is 4.79 Å². The average Bonchev–Trinajstić information content (AvgIpc) is 3.19. The molecule has 1 aliphatic carbocycles. The maximum absolute atomic E-state index is 12.8. The first kappa shape index (κ1) is 15.5. The molecule has 0 radical (unpaired) electrons. The van der Waals surface area contributed by atoms with Crippen molar-refractivity contribution in [2.24, 2.45) is 0 Å². The van der Waals surface area contributed by atoms with Crippen molar-refractivity contribution < 1.29 is 14.4 Å². The quantitative estimate of drug-likeness (QED) is 0.767. The second-order valence-electron chi connectivity index (χ2n) is 6.11. The van der Waals surface area contributed by atoms with Crippen molar-refractivity contribution in [2.75, 3.05) is 0 Å². The van der Waals surface area contributed by atoms with Crippen LogP contribution < -0.4 is 5.32 Å². The van der Waals surface area contributed by atoms with Gasteiger partial charge < -0.3 is 14.9 Å². The standard InChI is InChI=1S/C19H17N3O3/c1-11-20-19(25-22-11)15-9-5-4-8-14(15)18(24)21-17-13-7-3-2-6-12(13)10-16(17)23/h2-9,16-17,23H,10H2,1H3,(H,21,24). The summed E-state index contributed by atoms with van der Waals surface area (Å²) in [5.41, 5.74) is 3.01. The lowest BCUT2D eigenvalue weighted by molar-refractivity contribution is 0.0858. The van der Waals surface area contributed by atoms with Crippen LogP contribution in [0.5, 0.6) is 0 Å². The number of amides is 1. The SMILES string of the molecule is Cc1noc(-c2ccccc2C(=O)NC2c3ccccc3CC2O)n1. The fraction of sp³-hybridized carbons (Fsp3) is 0.211. The van der Waals surface area contributed by atoms with Gasteiger partial charge in [0.2, 0.25) is 0 Å². The zero-order chi connectivity index (χ0) is 17.4. The van der Waals surface area contributed by atoms with Crippen LogP contribution in [-0.4, -0.2) is 27.3 Å². The van der Waals surface area contributed by atoms with Gasteiger partial charge in [-0.15, -0.1) is 0 Å². The third-order valence-corrected chi connectivity index (χ3v) is 4.42. The summed E-state index contributed by atoms with van der Waals surface area (Å²) in [5, 5.41) is 17.1. The molecule has 126 valence electrons. The summed E-state index contributed by atoms with van der Waals surface area (Å²) in [6.07, 6.45) is -0.106. The zero-order valence-electron chi connectivity index (χ0n) is 13.6. The minimum atomic E-state index is -0.640. The van der Waals surface area contributed by atoms with Crippen LogP contribution in [0.1, 0.15) is 33.4 Å². The van der Waals surface area contributed by atoms with Crippen LogP contribution in [0.3, 0.4) is 0 Å². The van der Waals surface area contributed by atoms with E-state index in [9.17, 15) is 9.90 Å². The molecule has 6 nitrogen and oxygen atoms in total. The third kappa shape index (κ3) is 2.81. The number of hydrogen-bond acceptors (Lipinski definition) is 5. The molecule has 1 aliphatic rings. The fourth-order valence-electron chi connectivity index (χ4n) is 3.24. The van der Waals surface area contributed by atoms with Crippen LogP contribution >= 0.6 is 0 Å². The number of nitrogens with one attached hydrogen (secondary N) is 1. The van der Waals surface area contributed by atoms with Gasteiger partial charge in [-0.05, 0) is 30.2 Å². The number of rotatable bonds is 3. The number of aromatic nitrogens is 2. The third-order valence-electron chi connectivity index (χ3n) is 4.42. The molecule has 2 atom stereocenters. The van der Waals surface area contributed by atoms with E-state index in [0.29, 0.717) is 29.3 Å². The molecular formula is C19H17N3O3. The van der Waals surface area contributed by atoms with Crippen molar-refractivity contribution in [3.63, 3.8) is 0 Å². The van der Waals surface area contributed by atoms with Gasteiger partial charge in [-0.25, -0.2) is 0 Å². The van der Waals surface area contributed by atoms with E-state index < -0.39 is 12.1 Å². The summed E-state index contributed by atoms with van der Waals surface area (Å²) in [7, 11) is 0. The summed E-state index contributed by atoms with van der Waals surface area (Å²) < 4.78 is 5.20. The Bertz CT molecular complexity index is 935. The summed E-state index contributed by atoms with van der Waals surface area (Å²) >= 11 is 0. The maximum Gasteiger partial charge on any atom is 0.258 e. The summed E-state index contributed by atoms with van der Waals surface area (Å²) in [6.45, 7) is 1.72. The van der Waals surface area contributed by atoms with Gasteiger partial charge in [0, 0.05) is 6.42 Å². The number of benzene rings is 2. The molecule has 1 heterocycles. The van der Waals surface area contributed by atoms with E-state index in [-0.39, 0.29) is 5.91 Å². The topological polar surface area (TPSA) is 88.2 Å². The van der Waals surface area contributed by atoms with E-state index in [0.717, 1.165) is 11.1 Å². The Balaban J connectivity index is 1.65. The minimum absolute atomic E-state index is 0.285. The predicted molar refractivity (Wildman–Crippen MR) is 90.8 cm³/mol. The lowest BCUT2D eigenvalue weighted by atomic mass is 10.0. The van der Waals surface area contributed by atoms with E-state index in [1.54, 1.807) is 25.1 Å². The summed E-state index contributed by atoms with van der Waals surface area (Å²) in [4.78, 5) is 17.0. The Kier molecular flexibility index (Phi) is 3.82. The molecule has 0 spiro atoms. The number of aliphatic hydroxyl groups excluding tert-OH is 1. The van der Waals surface area contributed by atoms with Gasteiger partial charge in [0.1, 0.15) is 0 Å². The molecule has 2 unspecified atom stereocenters. The van der Waals surface area contributed by atoms with Crippen LogP contribution in [0.15, 0.2) is 53.1 Å². The Hall–Kier alpha value is -2.99. The van der Waals surface area contributed by atoms with Crippen LogP contribution in [0.2, 0.25) is 0 Å². The van der Waals surface area contributed by atoms with E-state index in [4.69, 9.17) is 4.52 Å². The van der Waals surface area contributed by atoms with Crippen LogP contribution in [-0.2, 0) is 6.42 Å². The van der Waals surface area contributed by atoms with Crippen molar-refractivity contribution >= 4 is 5.91 Å². The Labute approximate surface area is 144 Å².